The Labute approximate surface area is 117 Å². The van der Waals surface area contributed by atoms with Crippen molar-refractivity contribution in [1.29, 1.82) is 0 Å². The van der Waals surface area contributed by atoms with Gasteiger partial charge in [0.15, 0.2) is 0 Å². The molecule has 0 radical (unpaired) electrons. The molecule has 4 nitrogen and oxygen atoms in total. The number of nitrogens with two attached hydrogens (primary N) is 1. The fourth-order valence-corrected chi connectivity index (χ4v) is 3.34. The minimum Gasteiger partial charge on any atom is -0.462 e. The Bertz CT molecular complexity index is 464. The highest BCUT2D eigenvalue weighted by Crippen LogP contribution is 2.37. The van der Waals surface area contributed by atoms with E-state index in [1.54, 1.807) is 30.8 Å². The Morgan fingerprint density at radius 3 is 3.00 bits per heavy atom. The van der Waals surface area contributed by atoms with Crippen molar-refractivity contribution in [3.8, 4) is 0 Å². The van der Waals surface area contributed by atoms with Crippen molar-refractivity contribution in [1.82, 2.24) is 0 Å². The van der Waals surface area contributed by atoms with E-state index in [1.807, 2.05) is 13.0 Å². The van der Waals surface area contributed by atoms with E-state index in [4.69, 9.17) is 15.2 Å². The maximum atomic E-state index is 12.0. The molecule has 2 atom stereocenters. The smallest absolute Gasteiger partial charge is 0.339 e. The minimum absolute atomic E-state index is 0.180. The maximum absolute atomic E-state index is 12.0. The number of carbonyl (C=O) groups is 1. The van der Waals surface area contributed by atoms with Crippen LogP contribution >= 0.6 is 11.8 Å². The molecule has 19 heavy (non-hydrogen) atoms. The van der Waals surface area contributed by atoms with Crippen LogP contribution in [0.5, 0.6) is 0 Å². The number of benzene rings is 1. The number of esters is 1. The Kier molecular flexibility index (Phi) is 4.71. The topological polar surface area (TPSA) is 61.5 Å². The number of thioether (sulfide) groups is 1. The quantitative estimate of drug-likeness (QED) is 0.679. The standard InChI is InChI=1S/C14H19NO3S/c1-3-17-14(16)10-5-4-6-11(15)13(10)19-12-7-8-18-9(12)2/h4-6,9,12H,3,7-8,15H2,1-2H3. The molecule has 0 amide bonds. The molecule has 1 fully saturated rings. The second-order valence-electron chi connectivity index (χ2n) is 4.47. The summed E-state index contributed by atoms with van der Waals surface area (Å²) in [4.78, 5) is 12.8. The number of hydrogen-bond donors (Lipinski definition) is 1. The van der Waals surface area contributed by atoms with Crippen LogP contribution in [0.2, 0.25) is 0 Å². The largest absolute Gasteiger partial charge is 0.462 e. The van der Waals surface area contributed by atoms with E-state index in [2.05, 4.69) is 0 Å². The number of anilines is 1. The second-order valence-corrected chi connectivity index (χ2v) is 5.71. The molecule has 0 spiro atoms. The monoisotopic (exact) mass is 281 g/mol. The minimum atomic E-state index is -0.316. The summed E-state index contributed by atoms with van der Waals surface area (Å²) >= 11 is 1.62. The van der Waals surface area contributed by atoms with Gasteiger partial charge in [-0.05, 0) is 32.4 Å². The highest BCUT2D eigenvalue weighted by molar-refractivity contribution is 8.00. The van der Waals surface area contributed by atoms with Gasteiger partial charge in [0.05, 0.1) is 18.3 Å². The van der Waals surface area contributed by atoms with Crippen molar-refractivity contribution in [2.75, 3.05) is 18.9 Å². The third kappa shape index (κ3) is 3.22. The van der Waals surface area contributed by atoms with Crippen molar-refractivity contribution in [2.45, 2.75) is 36.5 Å². The number of nitrogen functional groups attached to an aromatic ring is 1. The normalized spacial score (nSPS) is 22.4. The fourth-order valence-electron chi connectivity index (χ4n) is 2.07. The van der Waals surface area contributed by atoms with E-state index in [-0.39, 0.29) is 12.1 Å². The van der Waals surface area contributed by atoms with E-state index in [0.29, 0.717) is 23.1 Å². The maximum Gasteiger partial charge on any atom is 0.339 e. The van der Waals surface area contributed by atoms with Crippen LogP contribution in [0.4, 0.5) is 5.69 Å². The van der Waals surface area contributed by atoms with E-state index in [0.717, 1.165) is 17.9 Å². The van der Waals surface area contributed by atoms with Gasteiger partial charge >= 0.3 is 5.97 Å². The summed E-state index contributed by atoms with van der Waals surface area (Å²) in [5.41, 5.74) is 7.18. The lowest BCUT2D eigenvalue weighted by Gasteiger charge is -2.17. The summed E-state index contributed by atoms with van der Waals surface area (Å²) in [6, 6.07) is 5.35. The first-order chi connectivity index (χ1) is 9.13. The van der Waals surface area contributed by atoms with Gasteiger partial charge in [0.2, 0.25) is 0 Å². The lowest BCUT2D eigenvalue weighted by Crippen LogP contribution is -2.15. The van der Waals surface area contributed by atoms with Crippen LogP contribution in [-0.4, -0.2) is 30.5 Å². The lowest BCUT2D eigenvalue weighted by molar-refractivity contribution is 0.0522. The summed E-state index contributed by atoms with van der Waals surface area (Å²) in [5.74, 6) is -0.316. The van der Waals surface area contributed by atoms with Gasteiger partial charge in [0.1, 0.15) is 0 Å². The van der Waals surface area contributed by atoms with Crippen molar-refractivity contribution < 1.29 is 14.3 Å². The molecule has 1 aromatic rings. The average Bonchev–Trinajstić information content (AvgIpc) is 2.78. The van der Waals surface area contributed by atoms with E-state index >= 15 is 0 Å². The molecule has 0 bridgehead atoms. The molecule has 2 N–H and O–H groups in total. The predicted octanol–water partition coefficient (Wildman–Crippen LogP) is 2.72. The van der Waals surface area contributed by atoms with Crippen LogP contribution in [0.3, 0.4) is 0 Å². The van der Waals surface area contributed by atoms with E-state index in [9.17, 15) is 4.79 Å². The summed E-state index contributed by atoms with van der Waals surface area (Å²) in [7, 11) is 0. The van der Waals surface area contributed by atoms with E-state index < -0.39 is 0 Å². The van der Waals surface area contributed by atoms with Gasteiger partial charge < -0.3 is 15.2 Å². The molecule has 1 aliphatic rings. The first-order valence-corrected chi connectivity index (χ1v) is 7.35. The van der Waals surface area contributed by atoms with Gasteiger partial charge in [0, 0.05) is 22.4 Å². The third-order valence-electron chi connectivity index (χ3n) is 3.12. The van der Waals surface area contributed by atoms with Crippen molar-refractivity contribution >= 4 is 23.4 Å². The Morgan fingerprint density at radius 1 is 1.58 bits per heavy atom. The summed E-state index contributed by atoms with van der Waals surface area (Å²) in [6.07, 6.45) is 1.15. The van der Waals surface area contributed by atoms with Gasteiger partial charge in [-0.15, -0.1) is 11.8 Å². The molecule has 1 aliphatic heterocycles. The van der Waals surface area contributed by atoms with Crippen molar-refractivity contribution in [2.24, 2.45) is 0 Å². The molecular weight excluding hydrogens is 262 g/mol. The number of carbonyl (C=O) groups excluding carboxylic acids is 1. The Morgan fingerprint density at radius 2 is 2.37 bits per heavy atom. The van der Waals surface area contributed by atoms with Gasteiger partial charge in [0.25, 0.3) is 0 Å². The zero-order valence-electron chi connectivity index (χ0n) is 11.2. The van der Waals surface area contributed by atoms with Gasteiger partial charge in [-0.2, -0.15) is 0 Å². The van der Waals surface area contributed by atoms with Crippen LogP contribution in [-0.2, 0) is 9.47 Å². The van der Waals surface area contributed by atoms with Crippen molar-refractivity contribution in [3.63, 3.8) is 0 Å². The van der Waals surface area contributed by atoms with Crippen LogP contribution in [0.15, 0.2) is 23.1 Å². The van der Waals surface area contributed by atoms with Crippen LogP contribution in [0.25, 0.3) is 0 Å². The summed E-state index contributed by atoms with van der Waals surface area (Å²) < 4.78 is 10.6. The summed E-state index contributed by atoms with van der Waals surface area (Å²) in [6.45, 7) is 4.97. The molecule has 0 aliphatic carbocycles. The Balaban J connectivity index is 2.24. The highest BCUT2D eigenvalue weighted by atomic mass is 32.2. The van der Waals surface area contributed by atoms with Gasteiger partial charge in [-0.3, -0.25) is 0 Å². The van der Waals surface area contributed by atoms with Gasteiger partial charge in [-0.1, -0.05) is 6.07 Å². The summed E-state index contributed by atoms with van der Waals surface area (Å²) in [5, 5.41) is 0.331. The van der Waals surface area contributed by atoms with Crippen molar-refractivity contribution in [3.05, 3.63) is 23.8 Å². The lowest BCUT2D eigenvalue weighted by atomic mass is 10.2. The highest BCUT2D eigenvalue weighted by Gasteiger charge is 2.27. The molecule has 0 saturated carbocycles. The molecule has 5 heteroatoms. The molecule has 1 heterocycles. The average molecular weight is 281 g/mol. The zero-order chi connectivity index (χ0) is 13.8. The molecule has 0 aromatic heterocycles. The SMILES string of the molecule is CCOC(=O)c1cccc(N)c1SC1CCOC1C. The molecule has 2 unspecified atom stereocenters. The first-order valence-electron chi connectivity index (χ1n) is 6.47. The fraction of sp³-hybridized carbons (Fsp3) is 0.500. The predicted molar refractivity (Wildman–Crippen MR) is 76.5 cm³/mol. The number of ether oxygens (including phenoxy) is 2. The number of rotatable bonds is 4. The molecule has 104 valence electrons. The molecule has 1 aromatic carbocycles. The van der Waals surface area contributed by atoms with Gasteiger partial charge in [-0.25, -0.2) is 4.79 Å². The zero-order valence-corrected chi connectivity index (χ0v) is 12.0. The van der Waals surface area contributed by atoms with Crippen LogP contribution in [0.1, 0.15) is 30.6 Å². The van der Waals surface area contributed by atoms with Crippen LogP contribution < -0.4 is 5.73 Å². The molecular formula is C14H19NO3S. The molecule has 1 saturated heterocycles. The second kappa shape index (κ2) is 6.30. The third-order valence-corrected chi connectivity index (χ3v) is 4.73. The number of hydrogen-bond acceptors (Lipinski definition) is 5. The Hall–Kier alpha value is -1.20. The first kappa shape index (κ1) is 14.2. The van der Waals surface area contributed by atoms with E-state index in [1.165, 1.54) is 0 Å². The van der Waals surface area contributed by atoms with Crippen LogP contribution in [0, 0.1) is 0 Å². The molecule has 2 rings (SSSR count).